The first-order valence-corrected chi connectivity index (χ1v) is 18.3. The van der Waals surface area contributed by atoms with Crippen LogP contribution in [0.2, 0.25) is 0 Å². The van der Waals surface area contributed by atoms with Crippen LogP contribution in [0.1, 0.15) is 57.1 Å². The number of aliphatic imine (C=N–C) groups is 1. The number of hydrogen-bond donors (Lipinski definition) is 12. The number of aliphatic hydroxyl groups is 2. The lowest BCUT2D eigenvalue weighted by atomic mass is 10.1. The van der Waals surface area contributed by atoms with Gasteiger partial charge in [-0.1, -0.05) is 0 Å². The SMILES string of the molecule is NC(N)=NCCC[C@H](NC(=O)[C@@H]1CCCN1C(=O)[C@@H](N)CCC(=O)O)C(=O)N[C@@H](CO)C(=O)N1CCC[C@H]1C(=O)N[C@@H](Cc1cnc[nH]1)C(=O)N[C@@H](CO)C(=O)O. The van der Waals surface area contributed by atoms with E-state index in [-0.39, 0.29) is 70.5 Å². The highest BCUT2D eigenvalue weighted by molar-refractivity contribution is 5.97. The van der Waals surface area contributed by atoms with Gasteiger partial charge in [-0.15, -0.1) is 0 Å². The summed E-state index contributed by atoms with van der Waals surface area (Å²) in [6.07, 6.45) is 3.30. The third-order valence-electron chi connectivity index (χ3n) is 9.45. The molecule has 6 amide bonds. The summed E-state index contributed by atoms with van der Waals surface area (Å²) in [6, 6.07) is -9.31. The molecule has 3 heterocycles. The molecule has 24 nitrogen and oxygen atoms in total. The van der Waals surface area contributed by atoms with Gasteiger partial charge in [0.05, 0.1) is 25.6 Å². The molecule has 57 heavy (non-hydrogen) atoms. The van der Waals surface area contributed by atoms with Crippen molar-refractivity contribution in [3.8, 4) is 0 Å². The van der Waals surface area contributed by atoms with Gasteiger partial charge in [0, 0.05) is 44.4 Å². The second kappa shape index (κ2) is 22.0. The minimum atomic E-state index is -1.66. The van der Waals surface area contributed by atoms with Crippen molar-refractivity contribution in [2.45, 2.75) is 100 Å². The van der Waals surface area contributed by atoms with Crippen molar-refractivity contribution < 1.29 is 58.8 Å². The first-order chi connectivity index (χ1) is 27.1. The molecule has 3 rings (SSSR count). The van der Waals surface area contributed by atoms with E-state index in [0.717, 1.165) is 4.90 Å². The van der Waals surface area contributed by atoms with Crippen molar-refractivity contribution in [3.63, 3.8) is 0 Å². The van der Waals surface area contributed by atoms with Gasteiger partial charge in [0.1, 0.15) is 36.3 Å². The van der Waals surface area contributed by atoms with E-state index in [0.29, 0.717) is 18.5 Å². The third-order valence-corrected chi connectivity index (χ3v) is 9.45. The van der Waals surface area contributed by atoms with Crippen molar-refractivity contribution >= 4 is 53.3 Å². The van der Waals surface area contributed by atoms with Gasteiger partial charge in [-0.05, 0) is 44.9 Å². The maximum absolute atomic E-state index is 13.8. The summed E-state index contributed by atoms with van der Waals surface area (Å²) in [5.41, 5.74) is 17.1. The largest absolute Gasteiger partial charge is 0.481 e. The maximum atomic E-state index is 13.8. The Labute approximate surface area is 326 Å². The van der Waals surface area contributed by atoms with Gasteiger partial charge in [0.2, 0.25) is 35.4 Å². The van der Waals surface area contributed by atoms with Crippen LogP contribution in [0.3, 0.4) is 0 Å². The van der Waals surface area contributed by atoms with Gasteiger partial charge in [0.25, 0.3) is 0 Å². The van der Waals surface area contributed by atoms with Gasteiger partial charge in [-0.3, -0.25) is 38.6 Å². The van der Waals surface area contributed by atoms with Gasteiger partial charge < -0.3 is 73.7 Å². The number of amides is 6. The second-order valence-corrected chi connectivity index (χ2v) is 13.6. The number of carbonyl (C=O) groups is 8. The van der Waals surface area contributed by atoms with Crippen LogP contribution in [0.15, 0.2) is 17.5 Å². The summed E-state index contributed by atoms with van der Waals surface area (Å²) in [5.74, 6) is -7.66. The lowest BCUT2D eigenvalue weighted by Crippen LogP contribution is -2.60. The van der Waals surface area contributed by atoms with Crippen LogP contribution in [0.25, 0.3) is 0 Å². The Hall–Kier alpha value is -5.88. The second-order valence-electron chi connectivity index (χ2n) is 13.6. The molecule has 15 N–H and O–H groups in total. The quantitative estimate of drug-likeness (QED) is 0.0295. The number of nitrogens with one attached hydrogen (secondary N) is 5. The number of nitrogens with zero attached hydrogens (tertiary/aromatic N) is 4. The molecule has 2 aliphatic heterocycles. The van der Waals surface area contributed by atoms with Crippen LogP contribution in [0.5, 0.6) is 0 Å². The first kappa shape index (κ1) is 45.5. The molecule has 2 aliphatic rings. The summed E-state index contributed by atoms with van der Waals surface area (Å²) in [7, 11) is 0. The number of guanidine groups is 1. The first-order valence-electron chi connectivity index (χ1n) is 18.3. The molecule has 24 heteroatoms. The molecule has 7 atom stereocenters. The lowest BCUT2D eigenvalue weighted by Gasteiger charge is -2.31. The highest BCUT2D eigenvalue weighted by atomic mass is 16.4. The Bertz CT molecular complexity index is 1620. The molecule has 1 aromatic rings. The van der Waals surface area contributed by atoms with E-state index in [9.17, 15) is 53.7 Å². The molecular weight excluding hydrogens is 756 g/mol. The van der Waals surface area contributed by atoms with Gasteiger partial charge >= 0.3 is 11.9 Å². The zero-order valence-electron chi connectivity index (χ0n) is 31.2. The van der Waals surface area contributed by atoms with E-state index < -0.39 is 103 Å². The minimum Gasteiger partial charge on any atom is -0.481 e. The number of carboxylic acids is 2. The Balaban J connectivity index is 1.74. The Morgan fingerprint density at radius 2 is 1.37 bits per heavy atom. The van der Waals surface area contributed by atoms with Gasteiger partial charge in [0.15, 0.2) is 5.96 Å². The molecule has 0 radical (unpaired) electrons. The van der Waals surface area contributed by atoms with Crippen molar-refractivity contribution in [3.05, 3.63) is 18.2 Å². The smallest absolute Gasteiger partial charge is 0.328 e. The van der Waals surface area contributed by atoms with Crippen molar-refractivity contribution in [2.24, 2.45) is 22.2 Å². The summed E-state index contributed by atoms with van der Waals surface area (Å²) >= 11 is 0. The van der Waals surface area contributed by atoms with Crippen LogP contribution in [0.4, 0.5) is 0 Å². The van der Waals surface area contributed by atoms with E-state index >= 15 is 0 Å². The number of aliphatic carboxylic acids is 2. The topological polar surface area (TPSA) is 391 Å². The average Bonchev–Trinajstić information content (AvgIpc) is 3.98. The molecule has 0 aliphatic carbocycles. The number of carboxylic acid groups (broad SMARTS) is 2. The van der Waals surface area contributed by atoms with Crippen LogP contribution >= 0.6 is 0 Å². The van der Waals surface area contributed by atoms with E-state index in [2.05, 4.69) is 36.2 Å². The molecule has 0 unspecified atom stereocenters. The number of likely N-dealkylation sites (tertiary alicyclic amines) is 2. The molecule has 0 aromatic carbocycles. The zero-order chi connectivity index (χ0) is 42.2. The number of carbonyl (C=O) groups excluding carboxylic acids is 6. The van der Waals surface area contributed by atoms with Crippen molar-refractivity contribution in [1.82, 2.24) is 41.0 Å². The lowest BCUT2D eigenvalue weighted by molar-refractivity contribution is -0.144. The molecule has 316 valence electrons. The number of aromatic amines is 1. The highest BCUT2D eigenvalue weighted by Gasteiger charge is 2.41. The summed E-state index contributed by atoms with van der Waals surface area (Å²) < 4.78 is 0. The van der Waals surface area contributed by atoms with E-state index in [4.69, 9.17) is 22.3 Å². The van der Waals surface area contributed by atoms with E-state index in [1.54, 1.807) is 0 Å². The van der Waals surface area contributed by atoms with Crippen LogP contribution in [-0.4, -0.2) is 169 Å². The van der Waals surface area contributed by atoms with E-state index in [1.807, 2.05) is 0 Å². The zero-order valence-corrected chi connectivity index (χ0v) is 31.2. The Morgan fingerprint density at radius 3 is 1.89 bits per heavy atom. The fraction of sp³-hybridized carbons (Fsp3) is 0.636. The average molecular weight is 809 g/mol. The minimum absolute atomic E-state index is 0.0329. The number of nitrogens with two attached hydrogens (primary N) is 3. The van der Waals surface area contributed by atoms with Crippen LogP contribution in [-0.2, 0) is 44.8 Å². The maximum Gasteiger partial charge on any atom is 0.328 e. The molecule has 2 saturated heterocycles. The molecule has 0 bridgehead atoms. The van der Waals surface area contributed by atoms with E-state index in [1.165, 1.54) is 17.4 Å². The highest BCUT2D eigenvalue weighted by Crippen LogP contribution is 2.21. The number of hydrogen-bond acceptors (Lipinski definition) is 13. The monoisotopic (exact) mass is 808 g/mol. The van der Waals surface area contributed by atoms with Gasteiger partial charge in [-0.25, -0.2) is 9.78 Å². The Kier molecular flexibility index (Phi) is 17.6. The Morgan fingerprint density at radius 1 is 0.807 bits per heavy atom. The fourth-order valence-corrected chi connectivity index (χ4v) is 6.47. The van der Waals surface area contributed by atoms with Crippen LogP contribution in [0, 0.1) is 0 Å². The number of aliphatic hydroxyl groups excluding tert-OH is 2. The number of aromatic nitrogens is 2. The molecule has 0 saturated carbocycles. The molecular formula is C33H52N12O12. The summed E-state index contributed by atoms with van der Waals surface area (Å²) in [4.78, 5) is 116. The molecule has 1 aromatic heterocycles. The van der Waals surface area contributed by atoms with Crippen molar-refractivity contribution in [2.75, 3.05) is 32.8 Å². The van der Waals surface area contributed by atoms with Gasteiger partial charge in [-0.2, -0.15) is 0 Å². The summed E-state index contributed by atoms with van der Waals surface area (Å²) in [5, 5.41) is 47.6. The predicted molar refractivity (Wildman–Crippen MR) is 196 cm³/mol. The number of rotatable bonds is 22. The third kappa shape index (κ3) is 13.4. The normalized spacial score (nSPS) is 19.0. The molecule has 2 fully saturated rings. The standard InChI is InChI=1S/C33H52N12O12/c34-18(7-8-25(48)49)30(54)44-10-2-5-23(44)28(52)40-19(4-1-9-38-33(35)36)26(50)42-21(14-46)31(55)45-11-3-6-24(45)29(53)41-20(12-17-13-37-16-39-17)27(51)43-22(15-47)32(56)57/h13,16,18-24,46-47H,1-12,14-15,34H2,(H,37,39)(H,40,52)(H,41,53)(H,42,50)(H,43,51)(H,48,49)(H,56,57)(H4,35,36,38)/t18-,19-,20-,21-,22-,23-,24-/m0/s1. The molecule has 0 spiro atoms. The van der Waals surface area contributed by atoms with Crippen LogP contribution < -0.4 is 38.5 Å². The predicted octanol–water partition coefficient (Wildman–Crippen LogP) is -5.81. The summed E-state index contributed by atoms with van der Waals surface area (Å²) in [6.45, 7) is -1.56. The number of imidazole rings is 1. The number of H-pyrrole nitrogens is 1. The van der Waals surface area contributed by atoms with Crippen molar-refractivity contribution in [1.29, 1.82) is 0 Å². The fourth-order valence-electron chi connectivity index (χ4n) is 6.47.